The van der Waals surface area contributed by atoms with Crippen molar-refractivity contribution in [1.29, 1.82) is 0 Å². The van der Waals surface area contributed by atoms with Crippen LogP contribution in [-0.2, 0) is 4.74 Å². The molecule has 1 aliphatic rings. The maximum atomic E-state index is 13.4. The molecule has 94 valence electrons. The third-order valence-corrected chi connectivity index (χ3v) is 2.90. The third kappa shape index (κ3) is 2.79. The molecular formula is C12H17FN2O2. The molecule has 1 aliphatic heterocycles. The summed E-state index contributed by atoms with van der Waals surface area (Å²) in [4.78, 5) is 0. The van der Waals surface area contributed by atoms with Gasteiger partial charge in [0.2, 0.25) is 0 Å². The van der Waals surface area contributed by atoms with Crippen molar-refractivity contribution in [1.82, 2.24) is 0 Å². The predicted octanol–water partition coefficient (Wildman–Crippen LogP) is 2.01. The number of benzene rings is 1. The van der Waals surface area contributed by atoms with Crippen LogP contribution in [-0.4, -0.2) is 26.4 Å². The number of hydrogen-bond donors (Lipinski definition) is 2. The molecule has 3 N–H and O–H groups in total. The number of ether oxygens (including phenoxy) is 2. The van der Waals surface area contributed by atoms with Crippen LogP contribution < -0.4 is 15.8 Å². The minimum Gasteiger partial charge on any atom is -0.494 e. The Morgan fingerprint density at radius 2 is 2.12 bits per heavy atom. The molecule has 1 heterocycles. The molecule has 4 nitrogen and oxygen atoms in total. The summed E-state index contributed by atoms with van der Waals surface area (Å²) in [7, 11) is 1.44. The predicted molar refractivity (Wildman–Crippen MR) is 64.8 cm³/mol. The molecule has 2 rings (SSSR count). The maximum absolute atomic E-state index is 13.4. The number of halogens is 1. The molecule has 0 bridgehead atoms. The van der Waals surface area contributed by atoms with Crippen molar-refractivity contribution in [2.24, 2.45) is 0 Å². The number of nitrogens with two attached hydrogens (primary N) is 1. The highest BCUT2D eigenvalue weighted by Gasteiger charge is 2.16. The molecule has 1 saturated heterocycles. The topological polar surface area (TPSA) is 56.5 Å². The van der Waals surface area contributed by atoms with Crippen molar-refractivity contribution in [2.45, 2.75) is 18.9 Å². The average molecular weight is 240 g/mol. The Morgan fingerprint density at radius 1 is 1.41 bits per heavy atom. The number of nitrogen functional groups attached to an aromatic ring is 1. The lowest BCUT2D eigenvalue weighted by Crippen LogP contribution is -2.28. The Labute approximate surface area is 99.9 Å². The average Bonchev–Trinajstić information content (AvgIpc) is 2.34. The van der Waals surface area contributed by atoms with Crippen LogP contribution in [0.4, 0.5) is 15.8 Å². The van der Waals surface area contributed by atoms with E-state index in [9.17, 15) is 4.39 Å². The van der Waals surface area contributed by atoms with E-state index in [1.807, 2.05) is 0 Å². The number of methoxy groups -OCH3 is 1. The third-order valence-electron chi connectivity index (χ3n) is 2.90. The highest BCUT2D eigenvalue weighted by Crippen LogP contribution is 2.29. The van der Waals surface area contributed by atoms with Crippen molar-refractivity contribution >= 4 is 11.4 Å². The van der Waals surface area contributed by atoms with E-state index in [4.69, 9.17) is 15.2 Å². The van der Waals surface area contributed by atoms with Crippen molar-refractivity contribution in [3.8, 4) is 5.75 Å². The van der Waals surface area contributed by atoms with Crippen molar-refractivity contribution in [2.75, 3.05) is 31.4 Å². The second kappa shape index (κ2) is 5.23. The van der Waals surface area contributed by atoms with Gasteiger partial charge < -0.3 is 20.5 Å². The number of rotatable bonds is 3. The van der Waals surface area contributed by atoms with E-state index in [-0.39, 0.29) is 5.75 Å². The van der Waals surface area contributed by atoms with Gasteiger partial charge in [-0.05, 0) is 12.8 Å². The lowest BCUT2D eigenvalue weighted by Gasteiger charge is -2.25. The first-order chi connectivity index (χ1) is 8.20. The Morgan fingerprint density at radius 3 is 2.76 bits per heavy atom. The van der Waals surface area contributed by atoms with Crippen molar-refractivity contribution < 1.29 is 13.9 Å². The highest BCUT2D eigenvalue weighted by atomic mass is 19.1. The number of hydrogen-bond acceptors (Lipinski definition) is 4. The Balaban J connectivity index is 2.13. The molecule has 0 aromatic heterocycles. The molecule has 0 spiro atoms. The number of nitrogens with one attached hydrogen (secondary N) is 1. The first-order valence-electron chi connectivity index (χ1n) is 5.68. The molecule has 0 aliphatic carbocycles. The molecule has 1 fully saturated rings. The van der Waals surface area contributed by atoms with E-state index in [2.05, 4.69) is 5.32 Å². The summed E-state index contributed by atoms with van der Waals surface area (Å²) in [5.74, 6) is -0.240. The Hall–Kier alpha value is -1.49. The summed E-state index contributed by atoms with van der Waals surface area (Å²) in [6.45, 7) is 1.49. The van der Waals surface area contributed by atoms with Crippen LogP contribution in [0, 0.1) is 5.82 Å². The first-order valence-corrected chi connectivity index (χ1v) is 5.68. The van der Waals surface area contributed by atoms with Gasteiger partial charge in [0.25, 0.3) is 0 Å². The lowest BCUT2D eigenvalue weighted by molar-refractivity contribution is 0.0904. The summed E-state index contributed by atoms with van der Waals surface area (Å²) < 4.78 is 23.6. The Kier molecular flexibility index (Phi) is 3.68. The van der Waals surface area contributed by atoms with Gasteiger partial charge in [-0.1, -0.05) is 0 Å². The molecule has 0 atom stereocenters. The molecule has 1 aromatic rings. The molecule has 5 heteroatoms. The summed E-state index contributed by atoms with van der Waals surface area (Å²) in [5.41, 5.74) is 6.89. The SMILES string of the molecule is COc1cc(NC2CCOCC2)c(N)cc1F. The standard InChI is InChI=1S/C12H17FN2O2/c1-16-12-7-11(10(14)6-9(12)13)15-8-2-4-17-5-3-8/h6-8,15H,2-5,14H2,1H3. The Bertz CT molecular complexity index is 392. The lowest BCUT2D eigenvalue weighted by atomic mass is 10.1. The quantitative estimate of drug-likeness (QED) is 0.793. The van der Waals surface area contributed by atoms with E-state index < -0.39 is 5.82 Å². The van der Waals surface area contributed by atoms with Gasteiger partial charge in [-0.15, -0.1) is 0 Å². The monoisotopic (exact) mass is 240 g/mol. The van der Waals surface area contributed by atoms with Crippen molar-refractivity contribution in [3.63, 3.8) is 0 Å². The summed E-state index contributed by atoms with van der Waals surface area (Å²) in [6.07, 6.45) is 1.86. The summed E-state index contributed by atoms with van der Waals surface area (Å²) in [5, 5.41) is 3.30. The normalized spacial score (nSPS) is 16.8. The molecule has 0 radical (unpaired) electrons. The van der Waals surface area contributed by atoms with E-state index in [1.54, 1.807) is 6.07 Å². The van der Waals surface area contributed by atoms with Crippen LogP contribution in [0.15, 0.2) is 12.1 Å². The zero-order chi connectivity index (χ0) is 12.3. The largest absolute Gasteiger partial charge is 0.494 e. The fraction of sp³-hybridized carbons (Fsp3) is 0.500. The minimum atomic E-state index is -0.442. The van der Waals surface area contributed by atoms with E-state index >= 15 is 0 Å². The van der Waals surface area contributed by atoms with Crippen LogP contribution in [0.3, 0.4) is 0 Å². The zero-order valence-corrected chi connectivity index (χ0v) is 9.83. The van der Waals surface area contributed by atoms with E-state index in [0.717, 1.165) is 31.7 Å². The highest BCUT2D eigenvalue weighted by molar-refractivity contribution is 5.69. The van der Waals surface area contributed by atoms with Gasteiger partial charge in [0.1, 0.15) is 0 Å². The first kappa shape index (κ1) is 12.0. The van der Waals surface area contributed by atoms with Gasteiger partial charge in [-0.25, -0.2) is 4.39 Å². The second-order valence-corrected chi connectivity index (χ2v) is 4.10. The summed E-state index contributed by atoms with van der Waals surface area (Å²) >= 11 is 0. The van der Waals surface area contributed by atoms with Gasteiger partial charge in [-0.2, -0.15) is 0 Å². The molecule has 0 amide bonds. The van der Waals surface area contributed by atoms with E-state index in [1.165, 1.54) is 13.2 Å². The maximum Gasteiger partial charge on any atom is 0.167 e. The van der Waals surface area contributed by atoms with Crippen LogP contribution in [0.2, 0.25) is 0 Å². The number of anilines is 2. The van der Waals surface area contributed by atoms with Gasteiger partial charge in [0.15, 0.2) is 11.6 Å². The van der Waals surface area contributed by atoms with Gasteiger partial charge in [0, 0.05) is 31.4 Å². The fourth-order valence-electron chi connectivity index (χ4n) is 1.91. The minimum absolute atomic E-state index is 0.203. The smallest absolute Gasteiger partial charge is 0.167 e. The van der Waals surface area contributed by atoms with Gasteiger partial charge >= 0.3 is 0 Å². The second-order valence-electron chi connectivity index (χ2n) is 4.10. The molecule has 0 saturated carbocycles. The van der Waals surface area contributed by atoms with Crippen LogP contribution in [0.1, 0.15) is 12.8 Å². The van der Waals surface area contributed by atoms with Crippen LogP contribution in [0.5, 0.6) is 5.75 Å². The molecule has 17 heavy (non-hydrogen) atoms. The van der Waals surface area contributed by atoms with Gasteiger partial charge in [-0.3, -0.25) is 0 Å². The zero-order valence-electron chi connectivity index (χ0n) is 9.83. The van der Waals surface area contributed by atoms with Crippen molar-refractivity contribution in [3.05, 3.63) is 17.9 Å². The van der Waals surface area contributed by atoms with Crippen LogP contribution >= 0.6 is 0 Å². The van der Waals surface area contributed by atoms with E-state index in [0.29, 0.717) is 11.7 Å². The molecule has 1 aromatic carbocycles. The molecule has 0 unspecified atom stereocenters. The van der Waals surface area contributed by atoms with Crippen LogP contribution in [0.25, 0.3) is 0 Å². The fourth-order valence-corrected chi connectivity index (χ4v) is 1.91. The summed E-state index contributed by atoms with van der Waals surface area (Å²) in [6, 6.07) is 3.20. The van der Waals surface area contributed by atoms with Gasteiger partial charge in [0.05, 0.1) is 18.5 Å². The molecular weight excluding hydrogens is 223 g/mol.